The van der Waals surface area contributed by atoms with Gasteiger partial charge in [-0.2, -0.15) is 8.78 Å². The number of hydrogen-bond donors (Lipinski definition) is 0. The number of ether oxygens (including phenoxy) is 2. The summed E-state index contributed by atoms with van der Waals surface area (Å²) in [4.78, 5) is 15.0. The monoisotopic (exact) mass is 346 g/mol. The number of aliphatic imine (C=N–C) groups is 1. The van der Waals surface area contributed by atoms with E-state index in [1.54, 1.807) is 6.20 Å². The molecule has 0 atom stereocenters. The van der Waals surface area contributed by atoms with E-state index in [1.807, 2.05) is 12.1 Å². The molecule has 1 fully saturated rings. The summed E-state index contributed by atoms with van der Waals surface area (Å²) >= 11 is 0. The van der Waals surface area contributed by atoms with Gasteiger partial charge in [0.2, 0.25) is 5.88 Å². The van der Waals surface area contributed by atoms with Crippen molar-refractivity contribution in [3.63, 3.8) is 0 Å². The number of halogens is 2. The average Bonchev–Trinajstić information content (AvgIpc) is 3.05. The highest BCUT2D eigenvalue weighted by atomic mass is 19.3. The molecule has 2 aromatic rings. The van der Waals surface area contributed by atoms with Crippen LogP contribution in [0, 0.1) is 0 Å². The summed E-state index contributed by atoms with van der Waals surface area (Å²) in [5.74, 6) is 0.751. The van der Waals surface area contributed by atoms with Gasteiger partial charge in [0.1, 0.15) is 5.82 Å². The van der Waals surface area contributed by atoms with Crippen molar-refractivity contribution in [1.29, 1.82) is 0 Å². The van der Waals surface area contributed by atoms with Gasteiger partial charge >= 0.3 is 6.61 Å². The van der Waals surface area contributed by atoms with Crippen molar-refractivity contribution in [3.05, 3.63) is 47.3 Å². The van der Waals surface area contributed by atoms with Crippen LogP contribution in [0.15, 0.2) is 35.6 Å². The fourth-order valence-electron chi connectivity index (χ4n) is 2.99. The van der Waals surface area contributed by atoms with Crippen molar-refractivity contribution in [3.8, 4) is 5.88 Å². The first-order valence-electron chi connectivity index (χ1n) is 7.98. The quantitative estimate of drug-likeness (QED) is 0.850. The van der Waals surface area contributed by atoms with Crippen LogP contribution in [-0.4, -0.2) is 48.6 Å². The molecule has 1 saturated heterocycles. The van der Waals surface area contributed by atoms with Crippen LogP contribution in [0.3, 0.4) is 0 Å². The van der Waals surface area contributed by atoms with Gasteiger partial charge in [0.15, 0.2) is 0 Å². The highest BCUT2D eigenvalue weighted by Crippen LogP contribution is 2.27. The molecule has 2 aliphatic rings. The van der Waals surface area contributed by atoms with E-state index in [0.29, 0.717) is 19.8 Å². The summed E-state index contributed by atoms with van der Waals surface area (Å²) in [5.41, 5.74) is 3.30. The van der Waals surface area contributed by atoms with Gasteiger partial charge in [-0.3, -0.25) is 4.99 Å². The number of nitrogens with zero attached hydrogens (tertiary/aromatic N) is 4. The minimum absolute atomic E-state index is 0.106. The van der Waals surface area contributed by atoms with Gasteiger partial charge in [0.05, 0.1) is 25.5 Å². The van der Waals surface area contributed by atoms with Crippen molar-refractivity contribution in [2.45, 2.75) is 13.2 Å². The van der Waals surface area contributed by atoms with Crippen molar-refractivity contribution in [2.24, 2.45) is 4.99 Å². The zero-order valence-electron chi connectivity index (χ0n) is 13.4. The number of fused-ring (bicyclic) bond motifs is 1. The summed E-state index contributed by atoms with van der Waals surface area (Å²) in [5, 5.41) is 0. The van der Waals surface area contributed by atoms with Crippen LogP contribution in [-0.2, 0) is 11.3 Å². The van der Waals surface area contributed by atoms with Crippen LogP contribution in [0.4, 0.5) is 14.6 Å². The Morgan fingerprint density at radius 2 is 2.00 bits per heavy atom. The molecule has 0 radical (unpaired) electrons. The number of aromatic nitrogens is 2. The largest absolute Gasteiger partial charge is 0.417 e. The van der Waals surface area contributed by atoms with Gasteiger partial charge in [0.25, 0.3) is 0 Å². The molecule has 0 N–H and O–H groups in total. The van der Waals surface area contributed by atoms with Crippen LogP contribution in [0.25, 0.3) is 0 Å². The molecule has 0 bridgehead atoms. The molecule has 0 spiro atoms. The number of morpholine rings is 1. The van der Waals surface area contributed by atoms with E-state index in [0.717, 1.165) is 41.3 Å². The maximum Gasteiger partial charge on any atom is 0.388 e. The van der Waals surface area contributed by atoms with E-state index >= 15 is 0 Å². The van der Waals surface area contributed by atoms with Crippen LogP contribution < -0.4 is 9.64 Å². The molecule has 2 aliphatic heterocycles. The van der Waals surface area contributed by atoms with Crippen LogP contribution in [0.5, 0.6) is 5.88 Å². The molecule has 0 amide bonds. The number of hydrogen-bond acceptors (Lipinski definition) is 6. The highest BCUT2D eigenvalue weighted by Gasteiger charge is 2.21. The average molecular weight is 346 g/mol. The normalized spacial score (nSPS) is 16.8. The Morgan fingerprint density at radius 3 is 2.80 bits per heavy atom. The number of pyridine rings is 2. The first-order valence-corrected chi connectivity index (χ1v) is 7.98. The van der Waals surface area contributed by atoms with Crippen LogP contribution in [0.1, 0.15) is 16.7 Å². The van der Waals surface area contributed by atoms with Crippen molar-refractivity contribution in [1.82, 2.24) is 9.97 Å². The molecule has 4 rings (SSSR count). The molecule has 0 aromatic carbocycles. The lowest BCUT2D eigenvalue weighted by Gasteiger charge is -2.28. The Bertz CT molecular complexity index is 807. The second kappa shape index (κ2) is 6.72. The lowest BCUT2D eigenvalue weighted by atomic mass is 10.0. The summed E-state index contributed by atoms with van der Waals surface area (Å²) in [6, 6.07) is 5.35. The van der Waals surface area contributed by atoms with Crippen molar-refractivity contribution < 1.29 is 18.3 Å². The van der Waals surface area contributed by atoms with Crippen LogP contribution in [0.2, 0.25) is 0 Å². The second-order valence-corrected chi connectivity index (χ2v) is 5.73. The van der Waals surface area contributed by atoms with Crippen molar-refractivity contribution in [2.75, 3.05) is 31.2 Å². The lowest BCUT2D eigenvalue weighted by Crippen LogP contribution is -2.36. The van der Waals surface area contributed by atoms with E-state index in [-0.39, 0.29) is 5.88 Å². The SMILES string of the molecule is FC(F)Oc1cc2c(cn1)CN=C2c1ccnc(N2CCOCC2)c1. The van der Waals surface area contributed by atoms with Gasteiger partial charge in [0, 0.05) is 48.2 Å². The lowest BCUT2D eigenvalue weighted by molar-refractivity contribution is -0.0528. The molecule has 25 heavy (non-hydrogen) atoms. The maximum atomic E-state index is 12.4. The molecule has 0 aliphatic carbocycles. The van der Waals surface area contributed by atoms with Gasteiger partial charge in [-0.05, 0) is 12.1 Å². The van der Waals surface area contributed by atoms with E-state index in [2.05, 4.69) is 24.6 Å². The molecule has 130 valence electrons. The summed E-state index contributed by atoms with van der Waals surface area (Å²) in [6.07, 6.45) is 3.27. The minimum Gasteiger partial charge on any atom is -0.417 e. The van der Waals surface area contributed by atoms with Crippen LogP contribution >= 0.6 is 0 Å². The van der Waals surface area contributed by atoms with E-state index in [9.17, 15) is 8.78 Å². The second-order valence-electron chi connectivity index (χ2n) is 5.73. The molecule has 2 aromatic heterocycles. The van der Waals surface area contributed by atoms with E-state index in [1.165, 1.54) is 12.3 Å². The minimum atomic E-state index is -2.90. The number of alkyl halides is 2. The molecule has 6 nitrogen and oxygen atoms in total. The first kappa shape index (κ1) is 15.9. The molecule has 4 heterocycles. The van der Waals surface area contributed by atoms with Gasteiger partial charge in [-0.15, -0.1) is 0 Å². The Hall–Kier alpha value is -2.61. The third kappa shape index (κ3) is 3.30. The number of rotatable bonds is 4. The van der Waals surface area contributed by atoms with Gasteiger partial charge < -0.3 is 14.4 Å². The summed E-state index contributed by atoms with van der Waals surface area (Å²) in [7, 11) is 0. The predicted molar refractivity (Wildman–Crippen MR) is 87.5 cm³/mol. The Kier molecular flexibility index (Phi) is 4.27. The molecule has 0 unspecified atom stereocenters. The standard InChI is InChI=1S/C17H16F2N4O2/c18-17(19)25-15-8-13-12(9-21-15)10-22-16(13)11-1-2-20-14(7-11)23-3-5-24-6-4-23/h1-2,7-9,17H,3-6,10H2. The van der Waals surface area contributed by atoms with Gasteiger partial charge in [-0.25, -0.2) is 9.97 Å². The third-order valence-electron chi connectivity index (χ3n) is 4.19. The van der Waals surface area contributed by atoms with E-state index in [4.69, 9.17) is 4.74 Å². The van der Waals surface area contributed by atoms with Gasteiger partial charge in [-0.1, -0.05) is 0 Å². The number of anilines is 1. The Balaban J connectivity index is 1.64. The Labute approximate surface area is 143 Å². The molecule has 8 heteroatoms. The Morgan fingerprint density at radius 1 is 1.16 bits per heavy atom. The van der Waals surface area contributed by atoms with Crippen molar-refractivity contribution >= 4 is 11.5 Å². The highest BCUT2D eigenvalue weighted by molar-refractivity contribution is 6.15. The fraction of sp³-hybridized carbons (Fsp3) is 0.353. The third-order valence-corrected chi connectivity index (χ3v) is 4.19. The zero-order chi connectivity index (χ0) is 17.2. The molecule has 0 saturated carbocycles. The first-order chi connectivity index (χ1) is 12.2. The predicted octanol–water partition coefficient (Wildman–Crippen LogP) is 2.27. The fourth-order valence-corrected chi connectivity index (χ4v) is 2.99. The summed E-state index contributed by atoms with van der Waals surface area (Å²) in [6.45, 7) is 0.500. The van der Waals surface area contributed by atoms with E-state index < -0.39 is 6.61 Å². The molecular weight excluding hydrogens is 330 g/mol. The maximum absolute atomic E-state index is 12.4. The topological polar surface area (TPSA) is 59.8 Å². The summed E-state index contributed by atoms with van der Waals surface area (Å²) < 4.78 is 34.6. The zero-order valence-corrected chi connectivity index (χ0v) is 13.4. The molecular formula is C17H16F2N4O2. The smallest absolute Gasteiger partial charge is 0.388 e.